The molecule has 1 atom stereocenters. The fraction of sp³-hybridized carbons (Fsp3) is 0.500. The molecule has 0 bridgehead atoms. The quantitative estimate of drug-likeness (QED) is 0.530. The first-order valence-electron chi connectivity index (χ1n) is 6.83. The average molecular weight is 247 g/mol. The zero-order valence-corrected chi connectivity index (χ0v) is 11.6. The van der Waals surface area contributed by atoms with Crippen molar-refractivity contribution in [3.05, 3.63) is 42.5 Å². The van der Waals surface area contributed by atoms with Gasteiger partial charge in [0.1, 0.15) is 5.75 Å². The third kappa shape index (κ3) is 4.92. The zero-order valence-electron chi connectivity index (χ0n) is 11.6. The summed E-state index contributed by atoms with van der Waals surface area (Å²) in [5, 5.41) is 3.27. The maximum atomic E-state index is 5.87. The van der Waals surface area contributed by atoms with Crippen LogP contribution in [-0.2, 0) is 0 Å². The van der Waals surface area contributed by atoms with Crippen LogP contribution in [0.4, 0.5) is 0 Å². The van der Waals surface area contributed by atoms with Gasteiger partial charge in [-0.2, -0.15) is 0 Å². The van der Waals surface area contributed by atoms with Crippen LogP contribution in [0.3, 0.4) is 0 Å². The third-order valence-corrected chi connectivity index (χ3v) is 3.11. The fourth-order valence-electron chi connectivity index (χ4n) is 1.82. The molecule has 1 aromatic carbocycles. The first-order chi connectivity index (χ1) is 8.79. The van der Waals surface area contributed by atoms with Crippen LogP contribution in [0.25, 0.3) is 0 Å². The van der Waals surface area contributed by atoms with Crippen LogP contribution in [0.1, 0.15) is 38.2 Å². The number of hydrogen-bond acceptors (Lipinski definition) is 2. The number of benzene rings is 1. The molecule has 0 saturated heterocycles. The monoisotopic (exact) mass is 247 g/mol. The van der Waals surface area contributed by atoms with Crippen molar-refractivity contribution < 1.29 is 4.74 Å². The molecule has 18 heavy (non-hydrogen) atoms. The molecule has 1 rings (SSSR count). The van der Waals surface area contributed by atoms with Crippen molar-refractivity contribution in [3.63, 3.8) is 0 Å². The molecule has 100 valence electrons. The van der Waals surface area contributed by atoms with Gasteiger partial charge in [0.2, 0.25) is 0 Å². The van der Waals surface area contributed by atoms with E-state index in [2.05, 4.69) is 43.9 Å². The summed E-state index contributed by atoms with van der Waals surface area (Å²) in [6.45, 7) is 10.7. The Morgan fingerprint density at radius 2 is 2.17 bits per heavy atom. The van der Waals surface area contributed by atoms with Gasteiger partial charge in [-0.05, 0) is 36.9 Å². The van der Waals surface area contributed by atoms with Crippen molar-refractivity contribution >= 4 is 0 Å². The lowest BCUT2D eigenvalue weighted by molar-refractivity contribution is 0.304. The summed E-state index contributed by atoms with van der Waals surface area (Å²) in [5.74, 6) is 1.59. The standard InChI is InChI=1S/C16H25NO/c1-4-11-17-12-8-13-18-16-10-7-6-9-15(16)14(3)5-2/h4,6-7,9-10,14,17H,1,5,8,11-13H2,2-3H3. The van der Waals surface area contributed by atoms with Crippen molar-refractivity contribution in [2.45, 2.75) is 32.6 Å². The Hall–Kier alpha value is -1.28. The molecular weight excluding hydrogens is 222 g/mol. The number of rotatable bonds is 9. The molecule has 2 nitrogen and oxygen atoms in total. The van der Waals surface area contributed by atoms with E-state index in [1.54, 1.807) is 0 Å². The molecule has 1 N–H and O–H groups in total. The minimum Gasteiger partial charge on any atom is -0.493 e. The van der Waals surface area contributed by atoms with Gasteiger partial charge in [0.05, 0.1) is 6.61 Å². The van der Waals surface area contributed by atoms with E-state index < -0.39 is 0 Å². The lowest BCUT2D eigenvalue weighted by Gasteiger charge is -2.15. The molecule has 2 heteroatoms. The summed E-state index contributed by atoms with van der Waals surface area (Å²) in [6.07, 6.45) is 4.03. The molecule has 0 fully saturated rings. The van der Waals surface area contributed by atoms with Crippen molar-refractivity contribution in [1.29, 1.82) is 0 Å². The third-order valence-electron chi connectivity index (χ3n) is 3.11. The maximum Gasteiger partial charge on any atom is 0.122 e. The number of ether oxygens (including phenoxy) is 1. The van der Waals surface area contributed by atoms with E-state index in [0.29, 0.717) is 5.92 Å². The lowest BCUT2D eigenvalue weighted by Crippen LogP contribution is -2.17. The molecule has 0 radical (unpaired) electrons. The van der Waals surface area contributed by atoms with Crippen molar-refractivity contribution in [3.8, 4) is 5.75 Å². The summed E-state index contributed by atoms with van der Waals surface area (Å²) in [5.41, 5.74) is 1.32. The molecule has 0 saturated carbocycles. The summed E-state index contributed by atoms with van der Waals surface area (Å²) >= 11 is 0. The van der Waals surface area contributed by atoms with Gasteiger partial charge in [-0.25, -0.2) is 0 Å². The second-order valence-corrected chi connectivity index (χ2v) is 4.54. The largest absolute Gasteiger partial charge is 0.493 e. The van der Waals surface area contributed by atoms with Gasteiger partial charge in [0.25, 0.3) is 0 Å². The first kappa shape index (κ1) is 14.8. The SMILES string of the molecule is C=CCNCCCOc1ccccc1C(C)CC. The predicted molar refractivity (Wildman–Crippen MR) is 78.3 cm³/mol. The minimum atomic E-state index is 0.556. The van der Waals surface area contributed by atoms with Crippen LogP contribution < -0.4 is 10.1 Å². The van der Waals surface area contributed by atoms with Crippen LogP contribution in [-0.4, -0.2) is 19.7 Å². The summed E-state index contributed by atoms with van der Waals surface area (Å²) in [6, 6.07) is 8.36. The Kier molecular flexibility index (Phi) is 7.19. The van der Waals surface area contributed by atoms with Crippen LogP contribution in [0.15, 0.2) is 36.9 Å². The van der Waals surface area contributed by atoms with Gasteiger partial charge in [0.15, 0.2) is 0 Å². The first-order valence-corrected chi connectivity index (χ1v) is 6.83. The molecule has 0 amide bonds. The van der Waals surface area contributed by atoms with Crippen molar-refractivity contribution in [2.24, 2.45) is 0 Å². The normalized spacial score (nSPS) is 12.1. The Balaban J connectivity index is 2.39. The Bertz CT molecular complexity index is 349. The highest BCUT2D eigenvalue weighted by molar-refractivity contribution is 5.35. The zero-order chi connectivity index (χ0) is 13.2. The van der Waals surface area contributed by atoms with E-state index in [4.69, 9.17) is 4.74 Å². The summed E-state index contributed by atoms with van der Waals surface area (Å²) in [7, 11) is 0. The van der Waals surface area contributed by atoms with E-state index in [1.165, 1.54) is 5.56 Å². The molecule has 0 heterocycles. The predicted octanol–water partition coefficient (Wildman–Crippen LogP) is 3.74. The number of nitrogens with one attached hydrogen (secondary N) is 1. The Morgan fingerprint density at radius 1 is 1.39 bits per heavy atom. The average Bonchev–Trinajstić information content (AvgIpc) is 2.42. The van der Waals surface area contributed by atoms with Gasteiger partial charge >= 0.3 is 0 Å². The van der Waals surface area contributed by atoms with Crippen LogP contribution in [0.2, 0.25) is 0 Å². The molecular formula is C16H25NO. The topological polar surface area (TPSA) is 21.3 Å². The molecule has 1 aromatic rings. The van der Waals surface area contributed by atoms with Gasteiger partial charge in [-0.3, -0.25) is 0 Å². The van der Waals surface area contributed by atoms with Crippen LogP contribution >= 0.6 is 0 Å². The highest BCUT2D eigenvalue weighted by Crippen LogP contribution is 2.28. The Morgan fingerprint density at radius 3 is 2.89 bits per heavy atom. The van der Waals surface area contributed by atoms with E-state index in [9.17, 15) is 0 Å². The number of para-hydroxylation sites is 1. The second kappa shape index (κ2) is 8.76. The number of hydrogen-bond donors (Lipinski definition) is 1. The van der Waals surface area contributed by atoms with E-state index in [0.717, 1.165) is 38.3 Å². The molecule has 0 aromatic heterocycles. The summed E-state index contributed by atoms with van der Waals surface area (Å²) in [4.78, 5) is 0. The van der Waals surface area contributed by atoms with Crippen LogP contribution in [0, 0.1) is 0 Å². The van der Waals surface area contributed by atoms with Crippen molar-refractivity contribution in [2.75, 3.05) is 19.7 Å². The smallest absolute Gasteiger partial charge is 0.122 e. The van der Waals surface area contributed by atoms with Gasteiger partial charge in [-0.1, -0.05) is 38.1 Å². The molecule has 0 aliphatic rings. The van der Waals surface area contributed by atoms with Gasteiger partial charge in [-0.15, -0.1) is 6.58 Å². The maximum absolute atomic E-state index is 5.87. The molecule has 1 unspecified atom stereocenters. The Labute approximate surface area is 111 Å². The fourth-order valence-corrected chi connectivity index (χ4v) is 1.82. The second-order valence-electron chi connectivity index (χ2n) is 4.54. The van der Waals surface area contributed by atoms with E-state index in [-0.39, 0.29) is 0 Å². The summed E-state index contributed by atoms with van der Waals surface area (Å²) < 4.78 is 5.87. The molecule has 0 aliphatic heterocycles. The minimum absolute atomic E-state index is 0.556. The molecule has 0 spiro atoms. The van der Waals surface area contributed by atoms with Crippen molar-refractivity contribution in [1.82, 2.24) is 5.32 Å². The van der Waals surface area contributed by atoms with E-state index >= 15 is 0 Å². The van der Waals surface area contributed by atoms with Gasteiger partial charge < -0.3 is 10.1 Å². The molecule has 0 aliphatic carbocycles. The van der Waals surface area contributed by atoms with Gasteiger partial charge in [0, 0.05) is 6.54 Å². The highest BCUT2D eigenvalue weighted by atomic mass is 16.5. The lowest BCUT2D eigenvalue weighted by atomic mass is 9.98. The van der Waals surface area contributed by atoms with Crippen LogP contribution in [0.5, 0.6) is 5.75 Å². The van der Waals surface area contributed by atoms with E-state index in [1.807, 2.05) is 12.1 Å². The highest BCUT2D eigenvalue weighted by Gasteiger charge is 2.08.